The molecule has 1 heterocycles. The predicted molar refractivity (Wildman–Crippen MR) is 69.7 cm³/mol. The zero-order chi connectivity index (χ0) is 14.5. The van der Waals surface area contributed by atoms with Crippen molar-refractivity contribution in [2.45, 2.75) is 33.7 Å². The van der Waals surface area contributed by atoms with Gasteiger partial charge in [-0.2, -0.15) is 0 Å². The number of urea groups is 1. The molecular formula is C13H20N2O4. The van der Waals surface area contributed by atoms with E-state index in [1.54, 1.807) is 19.9 Å². The average molecular weight is 268 g/mol. The van der Waals surface area contributed by atoms with Gasteiger partial charge in [-0.25, -0.2) is 4.79 Å². The summed E-state index contributed by atoms with van der Waals surface area (Å²) < 4.78 is 5.30. The highest BCUT2D eigenvalue weighted by atomic mass is 16.4. The molecule has 1 atom stereocenters. The van der Waals surface area contributed by atoms with Gasteiger partial charge in [-0.05, 0) is 32.4 Å². The first-order valence-electron chi connectivity index (χ1n) is 6.18. The number of amides is 2. The molecule has 0 spiro atoms. The Morgan fingerprint density at radius 2 is 2.05 bits per heavy atom. The molecular weight excluding hydrogens is 248 g/mol. The lowest BCUT2D eigenvalue weighted by atomic mass is 9.88. The summed E-state index contributed by atoms with van der Waals surface area (Å²) >= 11 is 0. The van der Waals surface area contributed by atoms with Crippen molar-refractivity contribution >= 4 is 12.0 Å². The van der Waals surface area contributed by atoms with Gasteiger partial charge < -0.3 is 20.2 Å². The average Bonchev–Trinajstić information content (AvgIpc) is 2.79. The number of hydrogen-bond acceptors (Lipinski definition) is 3. The van der Waals surface area contributed by atoms with E-state index in [-0.39, 0.29) is 13.1 Å². The molecule has 0 fully saturated rings. The number of nitrogens with one attached hydrogen (secondary N) is 2. The normalized spacial score (nSPS) is 13.6. The predicted octanol–water partition coefficient (Wildman–Crippen LogP) is 1.89. The summed E-state index contributed by atoms with van der Waals surface area (Å²) in [6, 6.07) is 3.19. The molecule has 2 amide bonds. The van der Waals surface area contributed by atoms with Crippen molar-refractivity contribution in [1.82, 2.24) is 10.6 Å². The molecule has 0 aliphatic rings. The van der Waals surface area contributed by atoms with Gasteiger partial charge in [0.15, 0.2) is 0 Å². The molecule has 0 saturated heterocycles. The molecule has 1 aromatic heterocycles. The Labute approximate surface area is 112 Å². The molecule has 0 aliphatic heterocycles. The topological polar surface area (TPSA) is 91.6 Å². The van der Waals surface area contributed by atoms with Crippen molar-refractivity contribution < 1.29 is 19.1 Å². The molecule has 0 aliphatic carbocycles. The molecule has 3 N–H and O–H groups in total. The van der Waals surface area contributed by atoms with E-state index in [1.807, 2.05) is 13.0 Å². The van der Waals surface area contributed by atoms with Crippen LogP contribution in [0.4, 0.5) is 4.79 Å². The first-order chi connectivity index (χ1) is 8.87. The number of aryl methyl sites for hydroxylation is 1. The smallest absolute Gasteiger partial charge is 0.315 e. The molecule has 1 aromatic rings. The van der Waals surface area contributed by atoms with Gasteiger partial charge in [0.05, 0.1) is 12.0 Å². The second kappa shape index (κ2) is 6.26. The van der Waals surface area contributed by atoms with Crippen LogP contribution in [0, 0.1) is 12.3 Å². The van der Waals surface area contributed by atoms with Crippen molar-refractivity contribution in [1.29, 1.82) is 0 Å². The fourth-order valence-electron chi connectivity index (χ4n) is 1.44. The first-order valence-corrected chi connectivity index (χ1v) is 6.18. The van der Waals surface area contributed by atoms with E-state index < -0.39 is 17.4 Å². The van der Waals surface area contributed by atoms with Gasteiger partial charge in [-0.1, -0.05) is 6.92 Å². The molecule has 1 rings (SSSR count). The van der Waals surface area contributed by atoms with Crippen LogP contribution in [-0.4, -0.2) is 23.7 Å². The van der Waals surface area contributed by atoms with Gasteiger partial charge in [0.1, 0.15) is 11.5 Å². The summed E-state index contributed by atoms with van der Waals surface area (Å²) in [5.41, 5.74) is -0.946. The van der Waals surface area contributed by atoms with Crippen molar-refractivity contribution in [3.63, 3.8) is 0 Å². The number of hydrogen-bond donors (Lipinski definition) is 3. The third kappa shape index (κ3) is 4.31. The highest BCUT2D eigenvalue weighted by molar-refractivity contribution is 5.77. The van der Waals surface area contributed by atoms with Crippen LogP contribution in [0.2, 0.25) is 0 Å². The van der Waals surface area contributed by atoms with Crippen LogP contribution in [0.1, 0.15) is 31.8 Å². The van der Waals surface area contributed by atoms with E-state index in [2.05, 4.69) is 10.6 Å². The van der Waals surface area contributed by atoms with Crippen LogP contribution in [0.15, 0.2) is 16.5 Å². The quantitative estimate of drug-likeness (QED) is 0.734. The molecule has 6 nitrogen and oxygen atoms in total. The first kappa shape index (κ1) is 15.1. The minimum Gasteiger partial charge on any atom is -0.481 e. The van der Waals surface area contributed by atoms with Crippen molar-refractivity contribution in [2.24, 2.45) is 5.41 Å². The lowest BCUT2D eigenvalue weighted by Crippen LogP contribution is -2.44. The standard InChI is InChI=1S/C13H20N2O4/c1-4-13(3,11(16)17)8-15-12(18)14-7-10-6-5-9(2)19-10/h5-6H,4,7-8H2,1-3H3,(H,16,17)(H2,14,15,18). The van der Waals surface area contributed by atoms with Crippen molar-refractivity contribution in [3.05, 3.63) is 23.7 Å². The zero-order valence-corrected chi connectivity index (χ0v) is 11.4. The Morgan fingerprint density at radius 3 is 2.53 bits per heavy atom. The van der Waals surface area contributed by atoms with E-state index in [9.17, 15) is 9.59 Å². The second-order valence-electron chi connectivity index (χ2n) is 4.77. The second-order valence-corrected chi connectivity index (χ2v) is 4.77. The Bertz CT molecular complexity index is 455. The summed E-state index contributed by atoms with van der Waals surface area (Å²) in [7, 11) is 0. The Hall–Kier alpha value is -1.98. The molecule has 1 unspecified atom stereocenters. The summed E-state index contributed by atoms with van der Waals surface area (Å²) in [5.74, 6) is 0.516. The largest absolute Gasteiger partial charge is 0.481 e. The highest BCUT2D eigenvalue weighted by Gasteiger charge is 2.31. The summed E-state index contributed by atoms with van der Waals surface area (Å²) in [4.78, 5) is 22.6. The molecule has 0 bridgehead atoms. The molecule has 0 saturated carbocycles. The van der Waals surface area contributed by atoms with Crippen LogP contribution in [0.5, 0.6) is 0 Å². The number of aliphatic carboxylic acids is 1. The van der Waals surface area contributed by atoms with Crippen LogP contribution in [0.3, 0.4) is 0 Å². The Morgan fingerprint density at radius 1 is 1.37 bits per heavy atom. The molecule has 106 valence electrons. The zero-order valence-electron chi connectivity index (χ0n) is 11.4. The summed E-state index contributed by atoms with van der Waals surface area (Å²) in [6.07, 6.45) is 0.444. The fraction of sp³-hybridized carbons (Fsp3) is 0.538. The SMILES string of the molecule is CCC(C)(CNC(=O)NCc1ccc(C)o1)C(=O)O. The number of rotatable bonds is 6. The maximum Gasteiger partial charge on any atom is 0.315 e. The Kier molecular flexibility index (Phi) is 4.97. The summed E-state index contributed by atoms with van der Waals surface area (Å²) in [6.45, 7) is 5.56. The van der Waals surface area contributed by atoms with Crippen LogP contribution < -0.4 is 10.6 Å². The van der Waals surface area contributed by atoms with Crippen molar-refractivity contribution in [2.75, 3.05) is 6.54 Å². The maximum absolute atomic E-state index is 11.6. The Balaban J connectivity index is 2.37. The van der Waals surface area contributed by atoms with Crippen LogP contribution >= 0.6 is 0 Å². The number of carboxylic acids is 1. The van der Waals surface area contributed by atoms with Gasteiger partial charge in [0.2, 0.25) is 0 Å². The van der Waals surface area contributed by atoms with Gasteiger partial charge >= 0.3 is 12.0 Å². The van der Waals surface area contributed by atoms with E-state index in [1.165, 1.54) is 0 Å². The van der Waals surface area contributed by atoms with Crippen LogP contribution in [0.25, 0.3) is 0 Å². The number of carboxylic acid groups (broad SMARTS) is 1. The van der Waals surface area contributed by atoms with E-state index in [4.69, 9.17) is 9.52 Å². The molecule has 6 heteroatoms. The van der Waals surface area contributed by atoms with E-state index >= 15 is 0 Å². The lowest BCUT2D eigenvalue weighted by molar-refractivity contribution is -0.147. The van der Waals surface area contributed by atoms with Gasteiger partial charge in [0.25, 0.3) is 0 Å². The third-order valence-electron chi connectivity index (χ3n) is 3.15. The van der Waals surface area contributed by atoms with Gasteiger partial charge in [-0.15, -0.1) is 0 Å². The number of carbonyl (C=O) groups is 2. The summed E-state index contributed by atoms with van der Waals surface area (Å²) in [5, 5.41) is 14.2. The van der Waals surface area contributed by atoms with Crippen LogP contribution in [-0.2, 0) is 11.3 Å². The molecule has 19 heavy (non-hydrogen) atoms. The maximum atomic E-state index is 11.6. The third-order valence-corrected chi connectivity index (χ3v) is 3.15. The van der Waals surface area contributed by atoms with E-state index in [0.29, 0.717) is 12.2 Å². The van der Waals surface area contributed by atoms with Gasteiger partial charge in [-0.3, -0.25) is 4.79 Å². The van der Waals surface area contributed by atoms with Gasteiger partial charge in [0, 0.05) is 6.54 Å². The van der Waals surface area contributed by atoms with Crippen molar-refractivity contribution in [3.8, 4) is 0 Å². The minimum atomic E-state index is -0.946. The monoisotopic (exact) mass is 268 g/mol. The lowest BCUT2D eigenvalue weighted by Gasteiger charge is -2.23. The van der Waals surface area contributed by atoms with E-state index in [0.717, 1.165) is 5.76 Å². The number of furan rings is 1. The fourth-order valence-corrected chi connectivity index (χ4v) is 1.44. The highest BCUT2D eigenvalue weighted by Crippen LogP contribution is 2.19. The molecule has 0 aromatic carbocycles. The minimum absolute atomic E-state index is 0.0852. The molecule has 0 radical (unpaired) electrons. The number of carbonyl (C=O) groups excluding carboxylic acids is 1.